The molecular formula is C24H27ClN6O. The molecule has 0 atom stereocenters. The third kappa shape index (κ3) is 4.12. The maximum Gasteiger partial charge on any atom is 0.244 e. The molecule has 4 heterocycles. The lowest BCUT2D eigenvalue weighted by atomic mass is 10.1. The van der Waals surface area contributed by atoms with Gasteiger partial charge in [0.2, 0.25) is 5.91 Å². The van der Waals surface area contributed by atoms with E-state index in [2.05, 4.69) is 20.9 Å². The van der Waals surface area contributed by atoms with Gasteiger partial charge in [0.1, 0.15) is 12.2 Å². The number of allylic oxidation sites excluding steroid dienone is 1. The number of carbonyl (C=O) groups is 1. The number of aliphatic imine (C=N–C) groups is 1. The van der Waals surface area contributed by atoms with Gasteiger partial charge < -0.3 is 9.80 Å². The van der Waals surface area contributed by atoms with Gasteiger partial charge in [-0.05, 0) is 42.8 Å². The number of aromatic nitrogens is 3. The molecule has 8 heteroatoms. The van der Waals surface area contributed by atoms with Crippen LogP contribution in [0, 0.1) is 6.92 Å². The van der Waals surface area contributed by atoms with Crippen molar-refractivity contribution >= 4 is 39.9 Å². The van der Waals surface area contributed by atoms with Crippen LogP contribution in [0.1, 0.15) is 25.1 Å². The van der Waals surface area contributed by atoms with Crippen LogP contribution in [-0.2, 0) is 11.3 Å². The van der Waals surface area contributed by atoms with Gasteiger partial charge in [-0.3, -0.25) is 9.79 Å². The number of fused-ring (bicyclic) bond motifs is 1. The van der Waals surface area contributed by atoms with Gasteiger partial charge in [-0.15, -0.1) is 0 Å². The molecule has 7 nitrogen and oxygen atoms in total. The summed E-state index contributed by atoms with van der Waals surface area (Å²) in [5.41, 5.74) is 4.65. The van der Waals surface area contributed by atoms with Gasteiger partial charge in [0.25, 0.3) is 0 Å². The number of halogens is 1. The molecule has 0 unspecified atom stereocenters. The van der Waals surface area contributed by atoms with Crippen molar-refractivity contribution in [3.8, 4) is 0 Å². The molecule has 0 saturated carbocycles. The van der Waals surface area contributed by atoms with Gasteiger partial charge in [-0.1, -0.05) is 25.1 Å². The Morgan fingerprint density at radius 3 is 2.69 bits per heavy atom. The molecule has 1 aromatic carbocycles. The largest absolute Gasteiger partial charge is 0.368 e. The number of aryl methyl sites for hydroxylation is 1. The molecular weight excluding hydrogens is 424 g/mol. The van der Waals surface area contributed by atoms with E-state index >= 15 is 0 Å². The van der Waals surface area contributed by atoms with Crippen LogP contribution >= 0.6 is 11.6 Å². The summed E-state index contributed by atoms with van der Waals surface area (Å²) >= 11 is 6.15. The molecule has 2 aliphatic heterocycles. The second-order valence-corrected chi connectivity index (χ2v) is 8.25. The lowest BCUT2D eigenvalue weighted by molar-refractivity contribution is -0.132. The predicted octanol–water partition coefficient (Wildman–Crippen LogP) is 4.08. The minimum Gasteiger partial charge on any atom is -0.368 e. The molecule has 1 saturated heterocycles. The van der Waals surface area contributed by atoms with Crippen LogP contribution in [0.3, 0.4) is 0 Å². The van der Waals surface area contributed by atoms with Crippen LogP contribution in [-0.4, -0.2) is 57.5 Å². The zero-order valence-electron chi connectivity index (χ0n) is 17.3. The molecule has 0 bridgehead atoms. The van der Waals surface area contributed by atoms with E-state index in [0.29, 0.717) is 13.1 Å². The van der Waals surface area contributed by atoms with Crippen molar-refractivity contribution in [1.29, 1.82) is 0 Å². The molecule has 3 aromatic rings. The van der Waals surface area contributed by atoms with Crippen LogP contribution in [0.5, 0.6) is 0 Å². The predicted molar refractivity (Wildman–Crippen MR) is 130 cm³/mol. The fourth-order valence-corrected chi connectivity index (χ4v) is 4.24. The fourth-order valence-electron chi connectivity index (χ4n) is 4.12. The van der Waals surface area contributed by atoms with Crippen molar-refractivity contribution in [3.05, 3.63) is 65.1 Å². The lowest BCUT2D eigenvalue weighted by Crippen LogP contribution is -2.49. The van der Waals surface area contributed by atoms with E-state index in [9.17, 15) is 4.79 Å². The summed E-state index contributed by atoms with van der Waals surface area (Å²) < 4.78 is 1.71. The van der Waals surface area contributed by atoms with Gasteiger partial charge in [-0.25, -0.2) is 9.67 Å². The van der Waals surface area contributed by atoms with Crippen LogP contribution in [0.15, 0.2) is 53.8 Å². The number of carbonyl (C=O) groups excluding carboxylic acids is 1. The van der Waals surface area contributed by atoms with E-state index < -0.39 is 0 Å². The SMILES string of the molecule is C.Cc1cc(N2CCN(C(=O)Cn3nc(C4=NC=CC4)c4cccnc43)CC2)ccc1Cl. The first-order valence-electron chi connectivity index (χ1n) is 10.4. The highest BCUT2D eigenvalue weighted by molar-refractivity contribution is 6.31. The first kappa shape index (κ1) is 22.0. The van der Waals surface area contributed by atoms with Gasteiger partial charge in [-0.2, -0.15) is 5.10 Å². The summed E-state index contributed by atoms with van der Waals surface area (Å²) in [4.78, 5) is 26.1. The molecule has 0 radical (unpaired) electrons. The second kappa shape index (κ2) is 9.12. The maximum absolute atomic E-state index is 13.0. The molecule has 1 fully saturated rings. The van der Waals surface area contributed by atoms with Crippen LogP contribution in [0.2, 0.25) is 5.02 Å². The maximum atomic E-state index is 13.0. The quantitative estimate of drug-likeness (QED) is 0.600. The van der Waals surface area contributed by atoms with Crippen LogP contribution in [0.25, 0.3) is 11.0 Å². The van der Waals surface area contributed by atoms with Crippen molar-refractivity contribution in [1.82, 2.24) is 19.7 Å². The van der Waals surface area contributed by atoms with E-state index in [1.54, 1.807) is 17.1 Å². The van der Waals surface area contributed by atoms with Crippen molar-refractivity contribution in [2.45, 2.75) is 27.3 Å². The van der Waals surface area contributed by atoms with E-state index in [-0.39, 0.29) is 19.9 Å². The highest BCUT2D eigenvalue weighted by atomic mass is 35.5. The average molecular weight is 451 g/mol. The van der Waals surface area contributed by atoms with Crippen molar-refractivity contribution in [2.75, 3.05) is 31.1 Å². The normalized spacial score (nSPS) is 15.8. The van der Waals surface area contributed by atoms with Gasteiger partial charge >= 0.3 is 0 Å². The number of piperazine rings is 1. The summed E-state index contributed by atoms with van der Waals surface area (Å²) in [5.74, 6) is 0.0556. The van der Waals surface area contributed by atoms with Gasteiger partial charge in [0.05, 0.1) is 5.71 Å². The minimum absolute atomic E-state index is 0. The third-order valence-electron chi connectivity index (χ3n) is 5.85. The molecule has 0 N–H and O–H groups in total. The monoisotopic (exact) mass is 450 g/mol. The highest BCUT2D eigenvalue weighted by Gasteiger charge is 2.24. The third-order valence-corrected chi connectivity index (χ3v) is 6.28. The van der Waals surface area contributed by atoms with Crippen LogP contribution < -0.4 is 4.90 Å². The zero-order valence-corrected chi connectivity index (χ0v) is 18.1. The number of amides is 1. The van der Waals surface area contributed by atoms with Crippen molar-refractivity contribution in [2.24, 2.45) is 4.99 Å². The number of anilines is 1. The Kier molecular flexibility index (Phi) is 6.28. The van der Waals surface area contributed by atoms with Gasteiger partial charge in [0.15, 0.2) is 5.65 Å². The number of benzene rings is 1. The van der Waals surface area contributed by atoms with Crippen LogP contribution in [0.4, 0.5) is 5.69 Å². The molecule has 166 valence electrons. The fraction of sp³-hybridized carbons (Fsp3) is 0.333. The van der Waals surface area contributed by atoms with Gasteiger partial charge in [0, 0.05) is 61.1 Å². The van der Waals surface area contributed by atoms with E-state index in [0.717, 1.165) is 58.2 Å². The summed E-state index contributed by atoms with van der Waals surface area (Å²) in [6.45, 7) is 5.12. The van der Waals surface area contributed by atoms with Crippen molar-refractivity contribution in [3.63, 3.8) is 0 Å². The first-order chi connectivity index (χ1) is 15.1. The smallest absolute Gasteiger partial charge is 0.244 e. The Bertz CT molecular complexity index is 1210. The zero-order chi connectivity index (χ0) is 21.4. The number of hydrogen-bond acceptors (Lipinski definition) is 5. The number of rotatable bonds is 4. The molecule has 5 rings (SSSR count). The highest BCUT2D eigenvalue weighted by Crippen LogP contribution is 2.24. The summed E-state index contributed by atoms with van der Waals surface area (Å²) in [7, 11) is 0. The molecule has 2 aliphatic rings. The summed E-state index contributed by atoms with van der Waals surface area (Å²) in [6, 6.07) is 9.95. The molecule has 0 spiro atoms. The summed E-state index contributed by atoms with van der Waals surface area (Å²) in [6.07, 6.45) is 6.28. The van der Waals surface area contributed by atoms with E-state index in [1.807, 2.05) is 42.2 Å². The number of nitrogens with zero attached hydrogens (tertiary/aromatic N) is 6. The van der Waals surface area contributed by atoms with Crippen molar-refractivity contribution < 1.29 is 4.79 Å². The Balaban J connectivity index is 0.00000245. The molecule has 2 aromatic heterocycles. The Labute approximate surface area is 193 Å². The Morgan fingerprint density at radius 1 is 1.16 bits per heavy atom. The summed E-state index contributed by atoms with van der Waals surface area (Å²) in [5, 5.41) is 6.41. The molecule has 0 aliphatic carbocycles. The Morgan fingerprint density at radius 2 is 1.97 bits per heavy atom. The second-order valence-electron chi connectivity index (χ2n) is 7.85. The van der Waals surface area contributed by atoms with E-state index in [4.69, 9.17) is 16.7 Å². The average Bonchev–Trinajstić information content (AvgIpc) is 3.44. The number of pyridine rings is 1. The molecule has 1 amide bonds. The first-order valence-corrected chi connectivity index (χ1v) is 10.8. The number of hydrogen-bond donors (Lipinski definition) is 0. The standard InChI is InChI=1S/C23H23ClN6O.CH4/c1-16-14-17(6-7-19(16)24)28-10-12-29(13-11-28)21(31)15-30-23-18(4-2-9-26-23)22(27-30)20-5-3-8-25-20;/h2-4,6-9,14H,5,10-13,15H2,1H3;1H4. The topological polar surface area (TPSA) is 66.6 Å². The Hall–Kier alpha value is -3.19. The van der Waals surface area contributed by atoms with E-state index in [1.165, 1.54) is 0 Å². The minimum atomic E-state index is 0. The molecule has 32 heavy (non-hydrogen) atoms. The lowest BCUT2D eigenvalue weighted by Gasteiger charge is -2.36.